The molecule has 0 saturated carbocycles. The summed E-state index contributed by atoms with van der Waals surface area (Å²) >= 11 is 0. The van der Waals surface area contributed by atoms with Crippen LogP contribution in [0.25, 0.3) is 11.3 Å². The van der Waals surface area contributed by atoms with E-state index in [1.165, 1.54) is 6.07 Å². The maximum Gasteiger partial charge on any atom is 0.254 e. The lowest BCUT2D eigenvalue weighted by molar-refractivity contribution is 0.0710. The first-order valence-corrected chi connectivity index (χ1v) is 10.4. The summed E-state index contributed by atoms with van der Waals surface area (Å²) in [6.45, 7) is 3.06. The predicted molar refractivity (Wildman–Crippen MR) is 116 cm³/mol. The molecule has 0 aliphatic carbocycles. The van der Waals surface area contributed by atoms with Crippen molar-refractivity contribution >= 4 is 5.91 Å². The van der Waals surface area contributed by atoms with Crippen molar-refractivity contribution in [3.8, 4) is 22.8 Å². The summed E-state index contributed by atoms with van der Waals surface area (Å²) in [5.74, 6) is 0.327. The van der Waals surface area contributed by atoms with Crippen molar-refractivity contribution < 1.29 is 23.0 Å². The van der Waals surface area contributed by atoms with Crippen LogP contribution in [0.2, 0.25) is 0 Å². The van der Waals surface area contributed by atoms with Crippen LogP contribution in [0.15, 0.2) is 36.5 Å². The number of aromatic nitrogens is 2. The van der Waals surface area contributed by atoms with Crippen LogP contribution in [0.3, 0.4) is 0 Å². The van der Waals surface area contributed by atoms with Crippen LogP contribution in [0.5, 0.6) is 11.5 Å². The van der Waals surface area contributed by atoms with E-state index < -0.39 is 11.6 Å². The zero-order valence-corrected chi connectivity index (χ0v) is 18.2. The fourth-order valence-electron chi connectivity index (χ4n) is 4.10. The molecule has 0 bridgehead atoms. The average molecular weight is 441 g/mol. The minimum atomic E-state index is -0.894. The molecule has 0 radical (unpaired) electrons. The van der Waals surface area contributed by atoms with Gasteiger partial charge in [-0.05, 0) is 50.1 Å². The summed E-state index contributed by atoms with van der Waals surface area (Å²) in [7, 11) is 3.14. The monoisotopic (exact) mass is 441 g/mol. The number of carbonyl (C=O) groups excluding carboxylic acids is 1. The number of likely N-dealkylation sites (tertiary alicyclic amines) is 1. The molecule has 0 spiro atoms. The maximum atomic E-state index is 13.5. The normalized spacial score (nSPS) is 14.5. The SMILES string of the molecule is COc1cc(C(=O)N2CCC(c3ncc(-c4ccc(F)c(F)c4)[nH]3)CC2)cc(OC)c1C. The molecule has 0 unspecified atom stereocenters. The molecule has 32 heavy (non-hydrogen) atoms. The summed E-state index contributed by atoms with van der Waals surface area (Å²) in [5.41, 5.74) is 2.55. The number of nitrogens with one attached hydrogen (secondary N) is 1. The van der Waals surface area contributed by atoms with Gasteiger partial charge in [0.2, 0.25) is 0 Å². The lowest BCUT2D eigenvalue weighted by atomic mass is 9.95. The second kappa shape index (κ2) is 8.98. The largest absolute Gasteiger partial charge is 0.496 e. The van der Waals surface area contributed by atoms with E-state index in [-0.39, 0.29) is 11.8 Å². The number of benzene rings is 2. The zero-order valence-electron chi connectivity index (χ0n) is 18.2. The van der Waals surface area contributed by atoms with Crippen LogP contribution in [0, 0.1) is 18.6 Å². The van der Waals surface area contributed by atoms with Gasteiger partial charge in [-0.25, -0.2) is 13.8 Å². The molecule has 6 nitrogen and oxygen atoms in total. The molecular formula is C24H25F2N3O3. The van der Waals surface area contributed by atoms with Crippen molar-refractivity contribution in [1.29, 1.82) is 0 Å². The van der Waals surface area contributed by atoms with Crippen LogP contribution in [-0.4, -0.2) is 48.1 Å². The van der Waals surface area contributed by atoms with Gasteiger partial charge < -0.3 is 19.4 Å². The van der Waals surface area contributed by atoms with Gasteiger partial charge in [0.25, 0.3) is 5.91 Å². The number of ether oxygens (including phenoxy) is 2. The molecular weight excluding hydrogens is 416 g/mol. The number of rotatable bonds is 5. The molecule has 1 N–H and O–H groups in total. The number of piperidine rings is 1. The Morgan fingerprint density at radius 2 is 1.72 bits per heavy atom. The van der Waals surface area contributed by atoms with Gasteiger partial charge in [0.15, 0.2) is 11.6 Å². The molecule has 2 heterocycles. The first-order chi connectivity index (χ1) is 15.4. The third kappa shape index (κ3) is 4.17. The molecule has 1 aliphatic rings. The van der Waals surface area contributed by atoms with Crippen molar-refractivity contribution in [2.45, 2.75) is 25.7 Å². The van der Waals surface area contributed by atoms with Gasteiger partial charge in [-0.2, -0.15) is 0 Å². The number of H-pyrrole nitrogens is 1. The summed E-state index contributed by atoms with van der Waals surface area (Å²) in [4.78, 5) is 22.5. The van der Waals surface area contributed by atoms with E-state index in [0.29, 0.717) is 41.4 Å². The second-order valence-electron chi connectivity index (χ2n) is 7.88. The van der Waals surface area contributed by atoms with E-state index in [0.717, 1.165) is 36.4 Å². The molecule has 168 valence electrons. The predicted octanol–water partition coefficient (Wildman–Crippen LogP) is 4.70. The van der Waals surface area contributed by atoms with Crippen molar-refractivity contribution in [2.24, 2.45) is 0 Å². The summed E-state index contributed by atoms with van der Waals surface area (Å²) < 4.78 is 37.5. The number of aromatic amines is 1. The molecule has 8 heteroatoms. The number of hydrogen-bond acceptors (Lipinski definition) is 4. The lowest BCUT2D eigenvalue weighted by Crippen LogP contribution is -2.38. The van der Waals surface area contributed by atoms with Crippen LogP contribution in [0.1, 0.15) is 40.5 Å². The standard InChI is InChI=1S/C24H25F2N3O3/c1-14-21(31-2)11-17(12-22(14)32-3)24(30)29-8-6-15(7-9-29)23-27-13-20(28-23)16-4-5-18(25)19(26)10-16/h4-5,10-13,15H,6-9H2,1-3H3,(H,27,28). The van der Waals surface area contributed by atoms with Gasteiger partial charge >= 0.3 is 0 Å². The number of methoxy groups -OCH3 is 2. The Morgan fingerprint density at radius 3 is 2.31 bits per heavy atom. The Labute approximate surface area is 185 Å². The van der Waals surface area contributed by atoms with E-state index in [2.05, 4.69) is 9.97 Å². The first-order valence-electron chi connectivity index (χ1n) is 10.4. The Morgan fingerprint density at radius 1 is 1.06 bits per heavy atom. The molecule has 0 atom stereocenters. The van der Waals surface area contributed by atoms with Crippen LogP contribution in [-0.2, 0) is 0 Å². The Hall–Kier alpha value is -3.42. The minimum Gasteiger partial charge on any atom is -0.496 e. The number of carbonyl (C=O) groups is 1. The number of hydrogen-bond donors (Lipinski definition) is 1. The fourth-order valence-corrected chi connectivity index (χ4v) is 4.10. The van der Waals surface area contributed by atoms with E-state index >= 15 is 0 Å². The number of amides is 1. The Balaban J connectivity index is 1.44. The smallest absolute Gasteiger partial charge is 0.254 e. The van der Waals surface area contributed by atoms with Gasteiger partial charge in [-0.3, -0.25) is 4.79 Å². The molecule has 3 aromatic rings. The van der Waals surface area contributed by atoms with Crippen LogP contribution in [0.4, 0.5) is 8.78 Å². The molecule has 2 aromatic carbocycles. The third-order valence-electron chi connectivity index (χ3n) is 5.99. The summed E-state index contributed by atoms with van der Waals surface area (Å²) in [6, 6.07) is 7.25. The Bertz CT molecular complexity index is 1110. The molecule has 1 aliphatic heterocycles. The number of imidazole rings is 1. The van der Waals surface area contributed by atoms with Crippen LogP contribution >= 0.6 is 0 Å². The topological polar surface area (TPSA) is 67.5 Å². The van der Waals surface area contributed by atoms with Gasteiger partial charge in [0.1, 0.15) is 17.3 Å². The highest BCUT2D eigenvalue weighted by atomic mass is 19.2. The molecule has 1 amide bonds. The van der Waals surface area contributed by atoms with Crippen molar-refractivity contribution in [3.63, 3.8) is 0 Å². The Kier molecular flexibility index (Phi) is 6.12. The third-order valence-corrected chi connectivity index (χ3v) is 5.99. The van der Waals surface area contributed by atoms with Gasteiger partial charge in [-0.1, -0.05) is 0 Å². The number of nitrogens with zero attached hydrogens (tertiary/aromatic N) is 2. The highest BCUT2D eigenvalue weighted by Crippen LogP contribution is 2.32. The van der Waals surface area contributed by atoms with E-state index in [1.807, 2.05) is 11.8 Å². The van der Waals surface area contributed by atoms with Gasteiger partial charge in [0.05, 0.1) is 26.1 Å². The maximum absolute atomic E-state index is 13.5. The van der Waals surface area contributed by atoms with Gasteiger partial charge in [0, 0.05) is 35.7 Å². The summed E-state index contributed by atoms with van der Waals surface area (Å²) in [6.07, 6.45) is 3.12. The fraction of sp³-hybridized carbons (Fsp3) is 0.333. The first kappa shape index (κ1) is 21.8. The highest BCUT2D eigenvalue weighted by molar-refractivity contribution is 5.95. The number of halogens is 2. The van der Waals surface area contributed by atoms with Crippen molar-refractivity contribution in [3.05, 3.63) is 65.1 Å². The van der Waals surface area contributed by atoms with Crippen molar-refractivity contribution in [1.82, 2.24) is 14.9 Å². The average Bonchev–Trinajstić information content (AvgIpc) is 3.31. The lowest BCUT2D eigenvalue weighted by Gasteiger charge is -2.31. The second-order valence-corrected chi connectivity index (χ2v) is 7.88. The van der Waals surface area contributed by atoms with E-state index in [4.69, 9.17) is 9.47 Å². The molecule has 1 saturated heterocycles. The van der Waals surface area contributed by atoms with E-state index in [9.17, 15) is 13.6 Å². The summed E-state index contributed by atoms with van der Waals surface area (Å²) in [5, 5.41) is 0. The van der Waals surface area contributed by atoms with Gasteiger partial charge in [-0.15, -0.1) is 0 Å². The van der Waals surface area contributed by atoms with E-state index in [1.54, 1.807) is 32.5 Å². The highest BCUT2D eigenvalue weighted by Gasteiger charge is 2.27. The van der Waals surface area contributed by atoms with Crippen LogP contribution < -0.4 is 9.47 Å². The minimum absolute atomic E-state index is 0.0676. The van der Waals surface area contributed by atoms with Crippen molar-refractivity contribution in [2.75, 3.05) is 27.3 Å². The zero-order chi connectivity index (χ0) is 22.8. The molecule has 1 aromatic heterocycles. The molecule has 4 rings (SSSR count). The molecule has 1 fully saturated rings. The quantitative estimate of drug-likeness (QED) is 0.623.